The molecule has 3 aliphatic heterocycles. The zero-order valence-electron chi connectivity index (χ0n) is 19.5. The Balaban J connectivity index is 1.60. The van der Waals surface area contributed by atoms with E-state index in [0.717, 1.165) is 12.1 Å². The smallest absolute Gasteiger partial charge is 0.266 e. The first-order valence-electron chi connectivity index (χ1n) is 11.8. The molecule has 3 aliphatic rings. The van der Waals surface area contributed by atoms with Gasteiger partial charge in [-0.3, -0.25) is 9.59 Å². The first kappa shape index (κ1) is 22.5. The Morgan fingerprint density at radius 1 is 1.22 bits per heavy atom. The van der Waals surface area contributed by atoms with Crippen LogP contribution in [0.2, 0.25) is 5.02 Å². The number of hydrogen-bond donors (Lipinski definition) is 4. The summed E-state index contributed by atoms with van der Waals surface area (Å²) in [7, 11) is 1.54. The van der Waals surface area contributed by atoms with Crippen molar-refractivity contribution < 1.29 is 19.1 Å². The average Bonchev–Trinajstić information content (AvgIpc) is 3.25. The van der Waals surface area contributed by atoms with E-state index < -0.39 is 6.10 Å². The number of halogens is 1. The van der Waals surface area contributed by atoms with E-state index in [4.69, 9.17) is 21.1 Å². The van der Waals surface area contributed by atoms with Gasteiger partial charge in [-0.25, -0.2) is 4.98 Å². The number of para-hydroxylation sites is 1. The van der Waals surface area contributed by atoms with E-state index in [9.17, 15) is 9.59 Å². The summed E-state index contributed by atoms with van der Waals surface area (Å²) in [5, 5.41) is 9.75. The zero-order chi connectivity index (χ0) is 24.8. The number of nitrogens with zero attached hydrogens (tertiary/aromatic N) is 1. The summed E-state index contributed by atoms with van der Waals surface area (Å²) < 4.78 is 11.8. The van der Waals surface area contributed by atoms with Crippen LogP contribution < -0.4 is 25.4 Å². The molecule has 4 N–H and O–H groups in total. The molecule has 0 aliphatic carbocycles. The van der Waals surface area contributed by atoms with E-state index in [1.807, 2.05) is 18.2 Å². The lowest BCUT2D eigenvalue weighted by Gasteiger charge is -2.27. The molecule has 0 unspecified atom stereocenters. The summed E-state index contributed by atoms with van der Waals surface area (Å²) in [6.45, 7) is 0.518. The highest BCUT2D eigenvalue weighted by Gasteiger charge is 2.36. The Morgan fingerprint density at radius 3 is 2.97 bits per heavy atom. The van der Waals surface area contributed by atoms with Crippen molar-refractivity contribution in [3.8, 4) is 22.8 Å². The number of pyridine rings is 1. The standard InChI is InChI=1S/C26H24ClN5O4/c1-35-23-15(27)7-5-8-16(23)30-21-18-19-13(12-29-26(18)34)6-3-2-4-9-17-25(33)32-24-22(36-17)14(10-11-28-24)20(21)31-19/h2-3,5,7-8,10-11,13,17,30-31H,4,6,9,12H2,1H3,(H,29,34)(H,28,32,33)/b3-2-/t13-,17-/m1/s1. The number of aromatic amines is 1. The number of carbonyl (C=O) groups excluding carboxylic acids is 2. The second-order valence-electron chi connectivity index (χ2n) is 8.93. The van der Waals surface area contributed by atoms with Crippen LogP contribution in [0.5, 0.6) is 11.5 Å². The summed E-state index contributed by atoms with van der Waals surface area (Å²) in [6.07, 6.45) is 7.10. The summed E-state index contributed by atoms with van der Waals surface area (Å²) in [5.74, 6) is 0.921. The van der Waals surface area contributed by atoms with Crippen LogP contribution in [0.4, 0.5) is 17.2 Å². The van der Waals surface area contributed by atoms with Crippen LogP contribution in [0.3, 0.4) is 0 Å². The number of ether oxygens (including phenoxy) is 2. The lowest BCUT2D eigenvalue weighted by atomic mass is 9.93. The molecule has 0 spiro atoms. The lowest BCUT2D eigenvalue weighted by molar-refractivity contribution is -0.123. The number of fused-ring (bicyclic) bond motifs is 3. The number of carbonyl (C=O) groups is 2. The summed E-state index contributed by atoms with van der Waals surface area (Å²) >= 11 is 6.38. The highest BCUT2D eigenvalue weighted by Crippen LogP contribution is 2.47. The van der Waals surface area contributed by atoms with Gasteiger partial charge in [-0.2, -0.15) is 0 Å². The van der Waals surface area contributed by atoms with Gasteiger partial charge in [0.05, 0.1) is 34.8 Å². The van der Waals surface area contributed by atoms with Crippen molar-refractivity contribution >= 4 is 40.6 Å². The van der Waals surface area contributed by atoms with Crippen LogP contribution >= 0.6 is 11.6 Å². The third-order valence-corrected chi connectivity index (χ3v) is 7.05. The molecule has 6 rings (SSSR count). The van der Waals surface area contributed by atoms with Gasteiger partial charge in [0.25, 0.3) is 11.8 Å². The fraction of sp³-hybridized carbons (Fsp3) is 0.269. The molecular formula is C26H24ClN5O4. The minimum atomic E-state index is -0.642. The van der Waals surface area contributed by atoms with Crippen LogP contribution in [-0.2, 0) is 4.79 Å². The molecule has 2 aromatic heterocycles. The molecular weight excluding hydrogens is 482 g/mol. The van der Waals surface area contributed by atoms with E-state index in [0.29, 0.717) is 69.9 Å². The van der Waals surface area contributed by atoms with Crippen molar-refractivity contribution in [3.63, 3.8) is 0 Å². The van der Waals surface area contributed by atoms with Crippen molar-refractivity contribution in [1.29, 1.82) is 0 Å². The average molecular weight is 506 g/mol. The summed E-state index contributed by atoms with van der Waals surface area (Å²) in [5.41, 5.74) is 3.87. The molecule has 1 aromatic carbocycles. The Morgan fingerprint density at radius 2 is 2.11 bits per heavy atom. The van der Waals surface area contributed by atoms with Gasteiger partial charge in [-0.15, -0.1) is 0 Å². The molecule has 184 valence electrons. The Bertz CT molecular complexity index is 1420. The number of hydrogen-bond acceptors (Lipinski definition) is 6. The maximum atomic E-state index is 13.2. The maximum Gasteiger partial charge on any atom is 0.266 e. The third kappa shape index (κ3) is 3.67. The van der Waals surface area contributed by atoms with Gasteiger partial charge in [0.15, 0.2) is 23.4 Å². The minimum Gasteiger partial charge on any atom is -0.493 e. The number of aromatic nitrogens is 2. The number of nitrogens with one attached hydrogen (secondary N) is 4. The fourth-order valence-corrected chi connectivity index (χ4v) is 5.26. The maximum absolute atomic E-state index is 13.2. The summed E-state index contributed by atoms with van der Waals surface area (Å²) in [6, 6.07) is 7.20. The van der Waals surface area contributed by atoms with Gasteiger partial charge in [0.1, 0.15) is 0 Å². The zero-order valence-corrected chi connectivity index (χ0v) is 20.2. The topological polar surface area (TPSA) is 117 Å². The molecule has 0 saturated carbocycles. The van der Waals surface area contributed by atoms with E-state index >= 15 is 0 Å². The van der Waals surface area contributed by atoms with Gasteiger partial charge in [0.2, 0.25) is 0 Å². The molecule has 2 atom stereocenters. The predicted octanol–water partition coefficient (Wildman–Crippen LogP) is 4.75. The van der Waals surface area contributed by atoms with E-state index in [-0.39, 0.29) is 17.7 Å². The summed E-state index contributed by atoms with van der Waals surface area (Å²) in [4.78, 5) is 33.7. The number of amides is 2. The van der Waals surface area contributed by atoms with Gasteiger partial charge in [0, 0.05) is 29.9 Å². The SMILES string of the molecule is COc1c(Cl)cccc1Nc1c2[nH]c3c1C(=O)NC[C@H]3C/C=C\CC[C@H]1Oc3c-2ccnc3NC1=O. The molecule has 36 heavy (non-hydrogen) atoms. The molecule has 9 nitrogen and oxygen atoms in total. The second-order valence-corrected chi connectivity index (χ2v) is 9.34. The van der Waals surface area contributed by atoms with Crippen LogP contribution in [0.15, 0.2) is 42.6 Å². The molecule has 3 aromatic rings. The van der Waals surface area contributed by atoms with Crippen molar-refractivity contribution in [2.24, 2.45) is 0 Å². The Labute approximate surface area is 212 Å². The van der Waals surface area contributed by atoms with Crippen molar-refractivity contribution in [2.45, 2.75) is 31.3 Å². The number of methoxy groups -OCH3 is 1. The Kier molecular flexibility index (Phi) is 5.56. The largest absolute Gasteiger partial charge is 0.493 e. The van der Waals surface area contributed by atoms with Crippen LogP contribution in [0, 0.1) is 0 Å². The first-order chi connectivity index (χ1) is 17.5. The first-order valence-corrected chi connectivity index (χ1v) is 12.2. The minimum absolute atomic E-state index is 0.0524. The second kappa shape index (κ2) is 8.91. The molecule has 0 radical (unpaired) electrons. The molecule has 2 amide bonds. The van der Waals surface area contributed by atoms with Crippen molar-refractivity contribution in [3.05, 3.63) is 58.9 Å². The van der Waals surface area contributed by atoms with Crippen LogP contribution in [-0.4, -0.2) is 41.5 Å². The van der Waals surface area contributed by atoms with Gasteiger partial charge < -0.3 is 30.4 Å². The molecule has 4 bridgehead atoms. The predicted molar refractivity (Wildman–Crippen MR) is 136 cm³/mol. The van der Waals surface area contributed by atoms with E-state index in [1.54, 1.807) is 19.4 Å². The Hall–Kier alpha value is -3.98. The number of anilines is 3. The number of rotatable bonds is 3. The van der Waals surface area contributed by atoms with E-state index in [2.05, 4.69) is 38.1 Å². The highest BCUT2D eigenvalue weighted by atomic mass is 35.5. The normalized spacial score (nSPS) is 21.1. The number of allylic oxidation sites excluding steroid dienone is 2. The van der Waals surface area contributed by atoms with Gasteiger partial charge in [-0.05, 0) is 37.5 Å². The number of H-pyrrole nitrogens is 1. The van der Waals surface area contributed by atoms with Crippen molar-refractivity contribution in [2.75, 3.05) is 24.3 Å². The highest BCUT2D eigenvalue weighted by molar-refractivity contribution is 6.32. The fourth-order valence-electron chi connectivity index (χ4n) is 5.01. The van der Waals surface area contributed by atoms with Crippen molar-refractivity contribution in [1.82, 2.24) is 15.3 Å². The molecule has 0 fully saturated rings. The molecule has 0 saturated heterocycles. The van der Waals surface area contributed by atoms with E-state index in [1.165, 1.54) is 0 Å². The third-order valence-electron chi connectivity index (χ3n) is 6.75. The lowest BCUT2D eigenvalue weighted by Crippen LogP contribution is -2.37. The monoisotopic (exact) mass is 505 g/mol. The van der Waals surface area contributed by atoms with Crippen LogP contribution in [0.25, 0.3) is 11.3 Å². The van der Waals surface area contributed by atoms with Gasteiger partial charge >= 0.3 is 0 Å². The molecule has 10 heteroatoms. The number of benzene rings is 1. The van der Waals surface area contributed by atoms with Crippen LogP contribution in [0.1, 0.15) is 41.2 Å². The quantitative estimate of drug-likeness (QED) is 0.382. The van der Waals surface area contributed by atoms with Gasteiger partial charge in [-0.1, -0.05) is 29.8 Å². The molecule has 5 heterocycles.